The summed E-state index contributed by atoms with van der Waals surface area (Å²) in [5.41, 5.74) is 0.320. The van der Waals surface area contributed by atoms with E-state index in [0.717, 1.165) is 19.3 Å². The Morgan fingerprint density at radius 3 is 2.47 bits per heavy atom. The molecule has 0 heterocycles. The van der Waals surface area contributed by atoms with Crippen molar-refractivity contribution in [3.63, 3.8) is 0 Å². The summed E-state index contributed by atoms with van der Waals surface area (Å²) < 4.78 is 0. The first-order valence-corrected chi connectivity index (χ1v) is 6.33. The van der Waals surface area contributed by atoms with Crippen molar-refractivity contribution in [2.24, 2.45) is 11.3 Å². The first kappa shape index (κ1) is 13.0. The summed E-state index contributed by atoms with van der Waals surface area (Å²) in [5.74, 6) is 0.896. The Balaban J connectivity index is 2.65. The molecule has 15 heavy (non-hydrogen) atoms. The zero-order chi connectivity index (χ0) is 11.7. The van der Waals surface area contributed by atoms with E-state index in [1.54, 1.807) is 0 Å². The van der Waals surface area contributed by atoms with Gasteiger partial charge in [0, 0.05) is 6.42 Å². The quantitative estimate of drug-likeness (QED) is 0.571. The van der Waals surface area contributed by atoms with Gasteiger partial charge in [0.05, 0.1) is 4.87 Å². The van der Waals surface area contributed by atoms with Gasteiger partial charge in [0.15, 0.2) is 5.78 Å². The highest BCUT2D eigenvalue weighted by atomic mass is 35.5. The summed E-state index contributed by atoms with van der Waals surface area (Å²) in [5, 5.41) is 0. The van der Waals surface area contributed by atoms with Crippen LogP contribution < -0.4 is 0 Å². The smallest absolute Gasteiger partial charge is 0.153 e. The molecule has 2 atom stereocenters. The molecule has 1 saturated carbocycles. The van der Waals surface area contributed by atoms with Crippen molar-refractivity contribution in [3.05, 3.63) is 0 Å². The largest absolute Gasteiger partial charge is 0.298 e. The van der Waals surface area contributed by atoms with Crippen LogP contribution in [0.15, 0.2) is 0 Å². The number of hydrogen-bond acceptors (Lipinski definition) is 1. The minimum absolute atomic E-state index is 0.234. The van der Waals surface area contributed by atoms with Gasteiger partial charge in [-0.05, 0) is 37.5 Å². The summed E-state index contributed by atoms with van der Waals surface area (Å²) in [7, 11) is 0. The summed E-state index contributed by atoms with van der Waals surface area (Å²) in [6.45, 7) is 8.67. The molecular weight excluding hydrogens is 208 g/mol. The molecule has 0 aromatic rings. The highest BCUT2D eigenvalue weighted by Gasteiger charge is 2.34. The highest BCUT2D eigenvalue weighted by Crippen LogP contribution is 2.38. The van der Waals surface area contributed by atoms with Crippen molar-refractivity contribution < 1.29 is 4.79 Å². The van der Waals surface area contributed by atoms with Gasteiger partial charge in [-0.2, -0.15) is 0 Å². The van der Waals surface area contributed by atoms with Crippen LogP contribution in [0.3, 0.4) is 0 Å². The van der Waals surface area contributed by atoms with Gasteiger partial charge >= 0.3 is 0 Å². The van der Waals surface area contributed by atoms with E-state index in [9.17, 15) is 4.79 Å². The number of halogens is 1. The second-order valence-electron chi connectivity index (χ2n) is 6.11. The van der Waals surface area contributed by atoms with E-state index < -0.39 is 4.87 Å². The van der Waals surface area contributed by atoms with Gasteiger partial charge in [-0.1, -0.05) is 27.2 Å². The van der Waals surface area contributed by atoms with Crippen LogP contribution in [0.4, 0.5) is 0 Å². The number of alkyl halides is 1. The fourth-order valence-electron chi connectivity index (χ4n) is 2.40. The third kappa shape index (κ3) is 3.48. The number of hydrogen-bond donors (Lipinski definition) is 0. The van der Waals surface area contributed by atoms with Gasteiger partial charge < -0.3 is 0 Å². The molecule has 2 heteroatoms. The lowest BCUT2D eigenvalue weighted by Gasteiger charge is -2.34. The zero-order valence-corrected chi connectivity index (χ0v) is 11.2. The van der Waals surface area contributed by atoms with Crippen LogP contribution in [0, 0.1) is 11.3 Å². The van der Waals surface area contributed by atoms with Gasteiger partial charge in [0.1, 0.15) is 0 Å². The monoisotopic (exact) mass is 230 g/mol. The van der Waals surface area contributed by atoms with Crippen LogP contribution >= 0.6 is 11.6 Å². The van der Waals surface area contributed by atoms with Crippen molar-refractivity contribution in [1.29, 1.82) is 0 Å². The fraction of sp³-hybridized carbons (Fsp3) is 0.923. The molecule has 0 unspecified atom stereocenters. The minimum atomic E-state index is -0.594. The lowest BCUT2D eigenvalue weighted by Crippen LogP contribution is -2.33. The third-order valence-electron chi connectivity index (χ3n) is 3.72. The number of carbonyl (C=O) groups is 1. The molecule has 0 N–H and O–H groups in total. The zero-order valence-electron chi connectivity index (χ0n) is 10.4. The van der Waals surface area contributed by atoms with Gasteiger partial charge in [-0.3, -0.25) is 4.79 Å². The first-order chi connectivity index (χ1) is 6.73. The summed E-state index contributed by atoms with van der Waals surface area (Å²) in [6, 6.07) is 0. The van der Waals surface area contributed by atoms with Crippen LogP contribution in [0.25, 0.3) is 0 Å². The number of ketones is 1. The highest BCUT2D eigenvalue weighted by molar-refractivity contribution is 6.34. The van der Waals surface area contributed by atoms with Crippen molar-refractivity contribution in [2.75, 3.05) is 0 Å². The number of Topliss-reactive ketones (excluding diaryl/α,β-unsaturated/α-hetero) is 1. The van der Waals surface area contributed by atoms with Crippen LogP contribution in [-0.4, -0.2) is 10.7 Å². The van der Waals surface area contributed by atoms with E-state index in [0.29, 0.717) is 17.8 Å². The molecule has 0 spiro atoms. The van der Waals surface area contributed by atoms with Crippen LogP contribution in [0.5, 0.6) is 0 Å². The topological polar surface area (TPSA) is 17.1 Å². The molecule has 1 fully saturated rings. The summed E-state index contributed by atoms with van der Waals surface area (Å²) in [4.78, 5) is 11.2. The SMILES string of the molecule is CC(C)(C)[C@@H]1CCC[C@@](C)(Cl)C(=O)CC1. The number of rotatable bonds is 0. The maximum Gasteiger partial charge on any atom is 0.153 e. The fourth-order valence-corrected chi connectivity index (χ4v) is 2.62. The first-order valence-electron chi connectivity index (χ1n) is 5.96. The molecule has 1 nitrogen and oxygen atoms in total. The third-order valence-corrected chi connectivity index (χ3v) is 4.12. The number of carbonyl (C=O) groups excluding carboxylic acids is 1. The Kier molecular flexibility index (Phi) is 3.86. The lowest BCUT2D eigenvalue weighted by atomic mass is 9.72. The molecule has 88 valence electrons. The minimum Gasteiger partial charge on any atom is -0.298 e. The second kappa shape index (κ2) is 4.45. The Morgan fingerprint density at radius 1 is 1.33 bits per heavy atom. The van der Waals surface area contributed by atoms with Crippen LogP contribution in [0.1, 0.15) is 59.8 Å². The van der Waals surface area contributed by atoms with E-state index in [1.165, 1.54) is 6.42 Å². The van der Waals surface area contributed by atoms with Gasteiger partial charge in [0.2, 0.25) is 0 Å². The van der Waals surface area contributed by atoms with Gasteiger partial charge in [0.25, 0.3) is 0 Å². The van der Waals surface area contributed by atoms with Crippen molar-refractivity contribution in [3.8, 4) is 0 Å². The predicted molar refractivity (Wildman–Crippen MR) is 65.3 cm³/mol. The van der Waals surface area contributed by atoms with Crippen LogP contribution in [-0.2, 0) is 4.79 Å². The normalized spacial score (nSPS) is 34.7. The molecule has 0 radical (unpaired) electrons. The van der Waals surface area contributed by atoms with Gasteiger partial charge in [-0.15, -0.1) is 11.6 Å². The van der Waals surface area contributed by atoms with Gasteiger partial charge in [-0.25, -0.2) is 0 Å². The Morgan fingerprint density at radius 2 is 1.93 bits per heavy atom. The molecule has 0 aliphatic heterocycles. The molecule has 0 saturated heterocycles. The molecule has 1 rings (SSSR count). The van der Waals surface area contributed by atoms with E-state index in [2.05, 4.69) is 20.8 Å². The molecule has 0 bridgehead atoms. The van der Waals surface area contributed by atoms with E-state index >= 15 is 0 Å². The van der Waals surface area contributed by atoms with E-state index in [1.807, 2.05) is 6.92 Å². The predicted octanol–water partition coefficient (Wildman–Crippen LogP) is 4.18. The van der Waals surface area contributed by atoms with E-state index in [-0.39, 0.29) is 5.78 Å². The lowest BCUT2D eigenvalue weighted by molar-refractivity contribution is -0.122. The second-order valence-corrected chi connectivity index (χ2v) is 6.95. The average molecular weight is 231 g/mol. The Labute approximate surface area is 98.6 Å². The van der Waals surface area contributed by atoms with Crippen molar-refractivity contribution in [1.82, 2.24) is 0 Å². The standard InChI is InChI=1S/C13H23ClO/c1-12(2,3)10-6-5-9-13(4,14)11(15)8-7-10/h10H,5-9H2,1-4H3/t10-,13-/m1/s1. The van der Waals surface area contributed by atoms with Crippen molar-refractivity contribution in [2.45, 2.75) is 64.7 Å². The molecule has 0 amide bonds. The maximum atomic E-state index is 11.8. The van der Waals surface area contributed by atoms with E-state index in [4.69, 9.17) is 11.6 Å². The summed E-state index contributed by atoms with van der Waals surface area (Å²) in [6.07, 6.45) is 4.78. The molecule has 1 aliphatic rings. The molecular formula is C13H23ClO. The average Bonchev–Trinajstić information content (AvgIpc) is 2.05. The Hall–Kier alpha value is -0.0400. The van der Waals surface area contributed by atoms with Crippen molar-refractivity contribution >= 4 is 17.4 Å². The summed E-state index contributed by atoms with van der Waals surface area (Å²) >= 11 is 6.21. The molecule has 0 aromatic carbocycles. The molecule has 1 aliphatic carbocycles. The van der Waals surface area contributed by atoms with Crippen LogP contribution in [0.2, 0.25) is 0 Å². The maximum absolute atomic E-state index is 11.8. The molecule has 0 aromatic heterocycles. The Bertz CT molecular complexity index is 237.